The van der Waals surface area contributed by atoms with Crippen LogP contribution in [0.15, 0.2) is 65.1 Å². The van der Waals surface area contributed by atoms with Crippen LogP contribution >= 0.6 is 23.1 Å². The largest absolute Gasteiger partial charge is 0.497 e. The average Bonchev–Trinajstić information content (AvgIpc) is 3.46. The fourth-order valence-electron chi connectivity index (χ4n) is 3.11. The third kappa shape index (κ3) is 4.84. The quantitative estimate of drug-likeness (QED) is 0.360. The van der Waals surface area contributed by atoms with Crippen molar-refractivity contribution in [3.63, 3.8) is 0 Å². The van der Waals surface area contributed by atoms with Crippen LogP contribution in [0.3, 0.4) is 0 Å². The molecule has 2 aromatic heterocycles. The van der Waals surface area contributed by atoms with Crippen LogP contribution in [0.25, 0.3) is 22.6 Å². The van der Waals surface area contributed by atoms with E-state index in [-0.39, 0.29) is 11.2 Å². The molecule has 0 bridgehead atoms. The molecule has 0 aliphatic rings. The van der Waals surface area contributed by atoms with E-state index in [4.69, 9.17) is 4.74 Å². The summed E-state index contributed by atoms with van der Waals surface area (Å²) < 4.78 is 7.23. The maximum atomic E-state index is 12.8. The second kappa shape index (κ2) is 9.97. The van der Waals surface area contributed by atoms with E-state index >= 15 is 0 Å². The summed E-state index contributed by atoms with van der Waals surface area (Å²) >= 11 is 2.79. The molecule has 164 valence electrons. The fraction of sp³-hybridized carbons (Fsp3) is 0.217. The molecule has 4 rings (SSSR count). The highest BCUT2D eigenvalue weighted by Crippen LogP contribution is 2.29. The van der Waals surface area contributed by atoms with E-state index in [1.165, 1.54) is 23.1 Å². The molecular formula is C23H23N5O2S2. The van der Waals surface area contributed by atoms with Gasteiger partial charge in [-0.3, -0.25) is 4.79 Å². The summed E-state index contributed by atoms with van der Waals surface area (Å²) in [6, 6.07) is 17.6. The van der Waals surface area contributed by atoms with E-state index in [1.54, 1.807) is 7.11 Å². The first-order valence-electron chi connectivity index (χ1n) is 10.1. The van der Waals surface area contributed by atoms with Crippen LogP contribution in [-0.4, -0.2) is 38.0 Å². The average molecular weight is 466 g/mol. The van der Waals surface area contributed by atoms with E-state index < -0.39 is 0 Å². The number of hydrogen-bond acceptors (Lipinski definition) is 7. The molecule has 1 atom stereocenters. The lowest BCUT2D eigenvalue weighted by Crippen LogP contribution is -2.22. The van der Waals surface area contributed by atoms with Gasteiger partial charge in [-0.1, -0.05) is 42.1 Å². The Morgan fingerprint density at radius 2 is 1.88 bits per heavy atom. The highest BCUT2D eigenvalue weighted by atomic mass is 32.2. The minimum Gasteiger partial charge on any atom is -0.497 e. The Hall–Kier alpha value is -3.17. The van der Waals surface area contributed by atoms with Crippen LogP contribution in [0, 0.1) is 0 Å². The summed E-state index contributed by atoms with van der Waals surface area (Å²) in [6.07, 6.45) is 0. The van der Waals surface area contributed by atoms with Crippen molar-refractivity contribution in [3.05, 3.63) is 60.0 Å². The van der Waals surface area contributed by atoms with Crippen molar-refractivity contribution in [3.8, 4) is 28.4 Å². The number of carbonyl (C=O) groups is 1. The first kappa shape index (κ1) is 22.0. The number of amides is 1. The summed E-state index contributed by atoms with van der Waals surface area (Å²) in [5, 5.41) is 14.5. The van der Waals surface area contributed by atoms with Crippen LogP contribution in [0.5, 0.6) is 5.75 Å². The third-order valence-corrected chi connectivity index (χ3v) is 6.67. The number of ether oxygens (including phenoxy) is 1. The summed E-state index contributed by atoms with van der Waals surface area (Å²) in [6.45, 7) is 4.58. The van der Waals surface area contributed by atoms with E-state index in [9.17, 15) is 4.79 Å². The number of methoxy groups -OCH3 is 1. The van der Waals surface area contributed by atoms with Crippen molar-refractivity contribution in [2.45, 2.75) is 30.8 Å². The van der Waals surface area contributed by atoms with Gasteiger partial charge in [0, 0.05) is 23.1 Å². The zero-order valence-corrected chi connectivity index (χ0v) is 19.6. The van der Waals surface area contributed by atoms with Crippen molar-refractivity contribution in [1.29, 1.82) is 0 Å². The predicted octanol–water partition coefficient (Wildman–Crippen LogP) is 5.22. The molecule has 0 radical (unpaired) electrons. The molecule has 0 saturated carbocycles. The number of thioether (sulfide) groups is 1. The molecule has 4 aromatic rings. The molecule has 2 heterocycles. The second-order valence-corrected chi connectivity index (χ2v) is 9.10. The van der Waals surface area contributed by atoms with E-state index in [0.29, 0.717) is 16.8 Å². The molecule has 0 aliphatic heterocycles. The van der Waals surface area contributed by atoms with Crippen LogP contribution in [0.2, 0.25) is 0 Å². The SMILES string of the molecule is CCn1c(SC(C)C(=O)Nc2nc(-c3ccccc3)cs2)nnc1-c1ccc(OC)cc1. The highest BCUT2D eigenvalue weighted by molar-refractivity contribution is 8.00. The van der Waals surface area contributed by atoms with Gasteiger partial charge < -0.3 is 14.6 Å². The molecule has 0 fully saturated rings. The number of benzene rings is 2. The monoisotopic (exact) mass is 465 g/mol. The number of nitrogens with zero attached hydrogens (tertiary/aromatic N) is 4. The number of aromatic nitrogens is 4. The molecule has 1 amide bonds. The van der Waals surface area contributed by atoms with Crippen molar-refractivity contribution in [2.24, 2.45) is 0 Å². The topological polar surface area (TPSA) is 81.9 Å². The van der Waals surface area contributed by atoms with Gasteiger partial charge in [0.25, 0.3) is 0 Å². The number of thiazole rings is 1. The molecule has 0 aliphatic carbocycles. The minimum absolute atomic E-state index is 0.124. The van der Waals surface area contributed by atoms with Crippen LogP contribution in [0.1, 0.15) is 13.8 Å². The van der Waals surface area contributed by atoms with Gasteiger partial charge in [-0.15, -0.1) is 21.5 Å². The Balaban J connectivity index is 1.44. The minimum atomic E-state index is -0.364. The third-order valence-electron chi connectivity index (χ3n) is 4.84. The van der Waals surface area contributed by atoms with Gasteiger partial charge >= 0.3 is 0 Å². The molecule has 0 saturated heterocycles. The first-order valence-corrected chi connectivity index (χ1v) is 11.9. The number of anilines is 1. The molecule has 0 spiro atoms. The highest BCUT2D eigenvalue weighted by Gasteiger charge is 2.21. The number of rotatable bonds is 8. The van der Waals surface area contributed by atoms with Crippen LogP contribution < -0.4 is 10.1 Å². The number of hydrogen-bond donors (Lipinski definition) is 1. The molecule has 2 aromatic carbocycles. The van der Waals surface area contributed by atoms with Gasteiger partial charge in [0.15, 0.2) is 16.1 Å². The number of carbonyl (C=O) groups excluding carboxylic acids is 1. The maximum Gasteiger partial charge on any atom is 0.239 e. The van der Waals surface area contributed by atoms with Crippen molar-refractivity contribution < 1.29 is 9.53 Å². The van der Waals surface area contributed by atoms with Crippen molar-refractivity contribution in [2.75, 3.05) is 12.4 Å². The Morgan fingerprint density at radius 3 is 2.56 bits per heavy atom. The summed E-state index contributed by atoms with van der Waals surface area (Å²) in [7, 11) is 1.64. The Bertz CT molecular complexity index is 1190. The summed E-state index contributed by atoms with van der Waals surface area (Å²) in [4.78, 5) is 17.3. The zero-order valence-electron chi connectivity index (χ0n) is 18.0. The zero-order chi connectivity index (χ0) is 22.5. The summed E-state index contributed by atoms with van der Waals surface area (Å²) in [5.41, 5.74) is 2.81. The van der Waals surface area contributed by atoms with Gasteiger partial charge in [-0.2, -0.15) is 0 Å². The van der Waals surface area contributed by atoms with Crippen LogP contribution in [0.4, 0.5) is 5.13 Å². The number of nitrogens with one attached hydrogen (secondary N) is 1. The Labute approximate surface area is 194 Å². The van der Waals surface area contributed by atoms with E-state index in [2.05, 4.69) is 20.5 Å². The Morgan fingerprint density at radius 1 is 1.12 bits per heavy atom. The van der Waals surface area contributed by atoms with Crippen molar-refractivity contribution >= 4 is 34.1 Å². The maximum absolute atomic E-state index is 12.8. The van der Waals surface area contributed by atoms with Gasteiger partial charge in [-0.25, -0.2) is 4.98 Å². The van der Waals surface area contributed by atoms with Gasteiger partial charge in [-0.05, 0) is 38.1 Å². The molecule has 1 N–H and O–H groups in total. The van der Waals surface area contributed by atoms with E-state index in [0.717, 1.165) is 28.4 Å². The predicted molar refractivity (Wildman–Crippen MR) is 129 cm³/mol. The Kier molecular flexibility index (Phi) is 6.87. The van der Waals surface area contributed by atoms with E-state index in [1.807, 2.05) is 78.4 Å². The molecule has 1 unspecified atom stereocenters. The van der Waals surface area contributed by atoms with Crippen LogP contribution in [-0.2, 0) is 11.3 Å². The normalized spacial score (nSPS) is 11.8. The standard InChI is InChI=1S/C23H23N5O2S2/c1-4-28-20(17-10-12-18(30-3)13-11-17)26-27-23(28)32-15(2)21(29)25-22-24-19(14-31-22)16-8-6-5-7-9-16/h5-15H,4H2,1-3H3,(H,24,25,29). The van der Waals surface area contributed by atoms with Crippen molar-refractivity contribution in [1.82, 2.24) is 19.7 Å². The molecule has 7 nitrogen and oxygen atoms in total. The fourth-order valence-corrected chi connectivity index (χ4v) is 4.74. The van der Waals surface area contributed by atoms with Gasteiger partial charge in [0.1, 0.15) is 5.75 Å². The second-order valence-electron chi connectivity index (χ2n) is 6.93. The molecule has 9 heteroatoms. The van der Waals surface area contributed by atoms with Gasteiger partial charge in [0.05, 0.1) is 18.1 Å². The lowest BCUT2D eigenvalue weighted by molar-refractivity contribution is -0.115. The molecular weight excluding hydrogens is 442 g/mol. The lowest BCUT2D eigenvalue weighted by atomic mass is 10.2. The molecule has 32 heavy (non-hydrogen) atoms. The lowest BCUT2D eigenvalue weighted by Gasteiger charge is -2.12. The smallest absolute Gasteiger partial charge is 0.239 e. The van der Waals surface area contributed by atoms with Gasteiger partial charge in [0.2, 0.25) is 5.91 Å². The summed E-state index contributed by atoms with van der Waals surface area (Å²) in [5.74, 6) is 1.42. The first-order chi connectivity index (χ1) is 15.6.